The molecular weight excluding hydrogens is 264 g/mol. The SMILES string of the molecule is CC(=O)N1CCC[C@H](c2cccc(-c3ccnn3C)n2)C1. The van der Waals surface area contributed by atoms with Crippen LogP contribution in [-0.2, 0) is 11.8 Å². The highest BCUT2D eigenvalue weighted by atomic mass is 16.2. The summed E-state index contributed by atoms with van der Waals surface area (Å²) in [7, 11) is 1.92. The summed E-state index contributed by atoms with van der Waals surface area (Å²) >= 11 is 0. The fourth-order valence-electron chi connectivity index (χ4n) is 2.95. The summed E-state index contributed by atoms with van der Waals surface area (Å²) < 4.78 is 1.83. The second kappa shape index (κ2) is 5.68. The maximum Gasteiger partial charge on any atom is 0.219 e. The second-order valence-electron chi connectivity index (χ2n) is 5.59. The molecule has 1 aliphatic heterocycles. The topological polar surface area (TPSA) is 51.0 Å². The van der Waals surface area contributed by atoms with Gasteiger partial charge in [-0.2, -0.15) is 5.10 Å². The van der Waals surface area contributed by atoms with Crippen molar-refractivity contribution >= 4 is 5.91 Å². The lowest BCUT2D eigenvalue weighted by molar-refractivity contribution is -0.130. The van der Waals surface area contributed by atoms with E-state index in [0.717, 1.165) is 43.0 Å². The molecule has 1 atom stereocenters. The lowest BCUT2D eigenvalue weighted by Crippen LogP contribution is -2.37. The van der Waals surface area contributed by atoms with Crippen molar-refractivity contribution in [3.8, 4) is 11.4 Å². The minimum absolute atomic E-state index is 0.155. The van der Waals surface area contributed by atoms with Gasteiger partial charge in [-0.1, -0.05) is 6.07 Å². The first-order chi connectivity index (χ1) is 10.1. The molecule has 0 radical (unpaired) electrons. The van der Waals surface area contributed by atoms with Gasteiger partial charge in [-0.25, -0.2) is 0 Å². The van der Waals surface area contributed by atoms with E-state index in [1.54, 1.807) is 13.1 Å². The molecule has 2 aromatic rings. The number of hydrogen-bond acceptors (Lipinski definition) is 3. The highest BCUT2D eigenvalue weighted by molar-refractivity contribution is 5.73. The Morgan fingerprint density at radius 2 is 2.19 bits per heavy atom. The van der Waals surface area contributed by atoms with E-state index in [9.17, 15) is 4.79 Å². The van der Waals surface area contributed by atoms with E-state index >= 15 is 0 Å². The molecule has 0 bridgehead atoms. The quantitative estimate of drug-likeness (QED) is 0.849. The fraction of sp³-hybridized carbons (Fsp3) is 0.438. The van der Waals surface area contributed by atoms with Gasteiger partial charge in [0.25, 0.3) is 0 Å². The number of hydrogen-bond donors (Lipinski definition) is 0. The van der Waals surface area contributed by atoms with Crippen molar-refractivity contribution in [2.45, 2.75) is 25.7 Å². The standard InChI is InChI=1S/C16H20N4O/c1-12(21)20-10-4-5-13(11-20)14-6-3-7-15(18-14)16-8-9-17-19(16)2/h3,6-9,13H,4-5,10-11H2,1-2H3/t13-/m0/s1. The van der Waals surface area contributed by atoms with Crippen LogP contribution in [0, 0.1) is 0 Å². The third-order valence-corrected chi connectivity index (χ3v) is 4.14. The molecule has 0 aliphatic carbocycles. The fourth-order valence-corrected chi connectivity index (χ4v) is 2.95. The van der Waals surface area contributed by atoms with E-state index in [1.807, 2.05) is 34.8 Å². The van der Waals surface area contributed by atoms with Gasteiger partial charge >= 0.3 is 0 Å². The summed E-state index contributed by atoms with van der Waals surface area (Å²) in [4.78, 5) is 18.3. The van der Waals surface area contributed by atoms with Gasteiger partial charge in [0.15, 0.2) is 0 Å². The summed E-state index contributed by atoms with van der Waals surface area (Å²) in [5.74, 6) is 0.485. The molecule has 2 aromatic heterocycles. The Labute approximate surface area is 124 Å². The first kappa shape index (κ1) is 13.8. The van der Waals surface area contributed by atoms with Gasteiger partial charge in [0.05, 0.1) is 11.4 Å². The van der Waals surface area contributed by atoms with Gasteiger partial charge < -0.3 is 4.90 Å². The molecule has 1 saturated heterocycles. The zero-order chi connectivity index (χ0) is 14.8. The van der Waals surface area contributed by atoms with Crippen LogP contribution in [-0.4, -0.2) is 38.7 Å². The van der Waals surface area contributed by atoms with Crippen molar-refractivity contribution in [1.82, 2.24) is 19.7 Å². The summed E-state index contributed by atoms with van der Waals surface area (Å²) in [5, 5.41) is 4.19. The molecule has 3 heterocycles. The second-order valence-corrected chi connectivity index (χ2v) is 5.59. The van der Waals surface area contributed by atoms with E-state index in [1.165, 1.54) is 0 Å². The van der Waals surface area contributed by atoms with Crippen LogP contribution in [0.2, 0.25) is 0 Å². The predicted molar refractivity (Wildman–Crippen MR) is 80.7 cm³/mol. The molecule has 1 fully saturated rings. The molecule has 0 saturated carbocycles. The summed E-state index contributed by atoms with van der Waals surface area (Å²) in [6.07, 6.45) is 3.91. The van der Waals surface area contributed by atoms with E-state index < -0.39 is 0 Å². The van der Waals surface area contributed by atoms with Crippen LogP contribution in [0.4, 0.5) is 0 Å². The van der Waals surface area contributed by atoms with E-state index in [-0.39, 0.29) is 5.91 Å². The van der Waals surface area contributed by atoms with Crippen molar-refractivity contribution < 1.29 is 4.79 Å². The zero-order valence-corrected chi connectivity index (χ0v) is 12.5. The van der Waals surface area contributed by atoms with Crippen LogP contribution < -0.4 is 0 Å². The van der Waals surface area contributed by atoms with Crippen LogP contribution in [0.3, 0.4) is 0 Å². The Kier molecular flexibility index (Phi) is 3.73. The molecule has 21 heavy (non-hydrogen) atoms. The third-order valence-electron chi connectivity index (χ3n) is 4.14. The smallest absolute Gasteiger partial charge is 0.219 e. The number of aromatic nitrogens is 3. The monoisotopic (exact) mass is 284 g/mol. The Morgan fingerprint density at radius 1 is 1.33 bits per heavy atom. The average molecular weight is 284 g/mol. The van der Waals surface area contributed by atoms with E-state index in [0.29, 0.717) is 5.92 Å². The van der Waals surface area contributed by atoms with E-state index in [2.05, 4.69) is 11.2 Å². The number of nitrogens with zero attached hydrogens (tertiary/aromatic N) is 4. The van der Waals surface area contributed by atoms with Gasteiger partial charge in [0.2, 0.25) is 5.91 Å². The van der Waals surface area contributed by atoms with Crippen molar-refractivity contribution in [2.75, 3.05) is 13.1 Å². The first-order valence-corrected chi connectivity index (χ1v) is 7.36. The minimum atomic E-state index is 0.155. The normalized spacial score (nSPS) is 18.8. The molecule has 5 nitrogen and oxygen atoms in total. The molecule has 3 rings (SSSR count). The third kappa shape index (κ3) is 2.82. The number of carbonyl (C=O) groups is 1. The van der Waals surface area contributed by atoms with Crippen LogP contribution >= 0.6 is 0 Å². The lowest BCUT2D eigenvalue weighted by Gasteiger charge is -2.31. The van der Waals surface area contributed by atoms with Gasteiger partial charge in [-0.15, -0.1) is 0 Å². The van der Waals surface area contributed by atoms with Crippen LogP contribution in [0.5, 0.6) is 0 Å². The van der Waals surface area contributed by atoms with Gasteiger partial charge in [-0.3, -0.25) is 14.5 Å². The molecule has 0 aromatic carbocycles. The van der Waals surface area contributed by atoms with Crippen LogP contribution in [0.1, 0.15) is 31.4 Å². The van der Waals surface area contributed by atoms with E-state index in [4.69, 9.17) is 4.98 Å². The number of likely N-dealkylation sites (tertiary alicyclic amines) is 1. The number of piperidine rings is 1. The molecule has 1 amide bonds. The Morgan fingerprint density at radius 3 is 2.90 bits per heavy atom. The predicted octanol–water partition coefficient (Wildman–Crippen LogP) is 2.21. The number of carbonyl (C=O) groups excluding carboxylic acids is 1. The van der Waals surface area contributed by atoms with Crippen LogP contribution in [0.15, 0.2) is 30.5 Å². The molecule has 0 spiro atoms. The molecule has 0 unspecified atom stereocenters. The maximum absolute atomic E-state index is 11.6. The van der Waals surface area contributed by atoms with Crippen molar-refractivity contribution in [3.05, 3.63) is 36.2 Å². The van der Waals surface area contributed by atoms with Gasteiger partial charge in [-0.05, 0) is 31.0 Å². The highest BCUT2D eigenvalue weighted by Crippen LogP contribution is 2.27. The molecule has 1 aliphatic rings. The van der Waals surface area contributed by atoms with Gasteiger partial charge in [0, 0.05) is 44.9 Å². The summed E-state index contributed by atoms with van der Waals surface area (Å²) in [6, 6.07) is 8.08. The molecule has 5 heteroatoms. The Bertz CT molecular complexity index is 649. The first-order valence-electron chi connectivity index (χ1n) is 7.36. The van der Waals surface area contributed by atoms with Crippen LogP contribution in [0.25, 0.3) is 11.4 Å². The minimum Gasteiger partial charge on any atom is -0.342 e. The largest absolute Gasteiger partial charge is 0.342 e. The molecule has 110 valence electrons. The Balaban J connectivity index is 1.86. The number of rotatable bonds is 2. The van der Waals surface area contributed by atoms with Crippen molar-refractivity contribution in [3.63, 3.8) is 0 Å². The lowest BCUT2D eigenvalue weighted by atomic mass is 9.94. The van der Waals surface area contributed by atoms with Crippen molar-refractivity contribution in [1.29, 1.82) is 0 Å². The highest BCUT2D eigenvalue weighted by Gasteiger charge is 2.24. The number of amides is 1. The maximum atomic E-state index is 11.6. The molecular formula is C16H20N4O. The van der Waals surface area contributed by atoms with Crippen molar-refractivity contribution in [2.24, 2.45) is 7.05 Å². The summed E-state index contributed by atoms with van der Waals surface area (Å²) in [5.41, 5.74) is 3.02. The summed E-state index contributed by atoms with van der Waals surface area (Å²) in [6.45, 7) is 3.28. The average Bonchev–Trinajstić information content (AvgIpc) is 2.94. The van der Waals surface area contributed by atoms with Gasteiger partial charge in [0.1, 0.15) is 0 Å². The number of aryl methyl sites for hydroxylation is 1. The molecule has 0 N–H and O–H groups in total. The number of pyridine rings is 1. The zero-order valence-electron chi connectivity index (χ0n) is 12.5. The Hall–Kier alpha value is -2.17.